The fourth-order valence-corrected chi connectivity index (χ4v) is 3.46. The number of nitrogens with one attached hydrogen (secondary N) is 1. The Morgan fingerprint density at radius 2 is 2.28 bits per heavy atom. The normalized spacial score (nSPS) is 21.7. The van der Waals surface area contributed by atoms with Crippen LogP contribution < -0.4 is 5.32 Å². The lowest BCUT2D eigenvalue weighted by atomic mass is 10.1. The van der Waals surface area contributed by atoms with Crippen molar-refractivity contribution in [2.45, 2.75) is 31.6 Å². The standard InChI is InChI=1S/C11H14N2O4S/c1-6(14)12-4-2-3-7-10(11(16)17)13-8(15)5-9(13)18-7/h9H,2-5H2,1H3,(H,12,14)(H,16,17)/t9-/m1/s1. The van der Waals surface area contributed by atoms with Crippen LogP contribution >= 0.6 is 11.8 Å². The zero-order valence-corrected chi connectivity index (χ0v) is 10.7. The molecular weight excluding hydrogens is 256 g/mol. The molecule has 0 radical (unpaired) electrons. The fourth-order valence-electron chi connectivity index (χ4n) is 2.02. The Morgan fingerprint density at radius 1 is 1.56 bits per heavy atom. The van der Waals surface area contributed by atoms with Crippen LogP contribution in [0.4, 0.5) is 0 Å². The molecule has 2 amide bonds. The summed E-state index contributed by atoms with van der Waals surface area (Å²) >= 11 is 1.45. The van der Waals surface area contributed by atoms with Crippen LogP contribution in [-0.2, 0) is 14.4 Å². The van der Waals surface area contributed by atoms with E-state index in [9.17, 15) is 14.4 Å². The van der Waals surface area contributed by atoms with E-state index in [0.717, 1.165) is 4.91 Å². The predicted molar refractivity (Wildman–Crippen MR) is 65.4 cm³/mol. The van der Waals surface area contributed by atoms with Crippen LogP contribution in [-0.4, -0.2) is 39.7 Å². The number of thioether (sulfide) groups is 1. The zero-order valence-electron chi connectivity index (χ0n) is 9.93. The highest BCUT2D eigenvalue weighted by molar-refractivity contribution is 8.04. The number of carboxylic acids is 1. The SMILES string of the molecule is CC(=O)NCCCC1=C(C(=O)O)N2C(=O)C[C@H]2S1. The zero-order chi connectivity index (χ0) is 13.3. The van der Waals surface area contributed by atoms with Crippen molar-refractivity contribution >= 4 is 29.5 Å². The van der Waals surface area contributed by atoms with E-state index in [0.29, 0.717) is 25.8 Å². The van der Waals surface area contributed by atoms with Gasteiger partial charge in [0.05, 0.1) is 11.8 Å². The summed E-state index contributed by atoms with van der Waals surface area (Å²) in [4.78, 5) is 35.3. The summed E-state index contributed by atoms with van der Waals surface area (Å²) in [7, 11) is 0. The van der Waals surface area contributed by atoms with Gasteiger partial charge in [-0.15, -0.1) is 11.8 Å². The monoisotopic (exact) mass is 270 g/mol. The van der Waals surface area contributed by atoms with Gasteiger partial charge in [-0.25, -0.2) is 4.79 Å². The van der Waals surface area contributed by atoms with Gasteiger partial charge in [0.1, 0.15) is 5.70 Å². The van der Waals surface area contributed by atoms with E-state index in [2.05, 4.69) is 5.32 Å². The Labute approximate surface area is 108 Å². The minimum Gasteiger partial charge on any atom is -0.477 e. The van der Waals surface area contributed by atoms with Crippen molar-refractivity contribution in [3.63, 3.8) is 0 Å². The Morgan fingerprint density at radius 3 is 2.83 bits per heavy atom. The van der Waals surface area contributed by atoms with Crippen LogP contribution in [0, 0.1) is 0 Å². The van der Waals surface area contributed by atoms with E-state index in [1.54, 1.807) is 0 Å². The Balaban J connectivity index is 1.96. The molecule has 0 aromatic heterocycles. The molecule has 0 saturated carbocycles. The molecule has 0 aromatic rings. The molecule has 0 aliphatic carbocycles. The highest BCUT2D eigenvalue weighted by Gasteiger charge is 2.47. The molecule has 2 aliphatic rings. The topological polar surface area (TPSA) is 86.7 Å². The number of hydrogen-bond donors (Lipinski definition) is 2. The van der Waals surface area contributed by atoms with E-state index >= 15 is 0 Å². The van der Waals surface area contributed by atoms with Crippen molar-refractivity contribution in [2.75, 3.05) is 6.54 Å². The van der Waals surface area contributed by atoms with Crippen molar-refractivity contribution in [3.05, 3.63) is 10.6 Å². The second-order valence-electron chi connectivity index (χ2n) is 4.20. The number of allylic oxidation sites excluding steroid dienone is 1. The number of carboxylic acid groups (broad SMARTS) is 1. The van der Waals surface area contributed by atoms with Crippen molar-refractivity contribution in [1.82, 2.24) is 10.2 Å². The highest BCUT2D eigenvalue weighted by atomic mass is 32.2. The summed E-state index contributed by atoms with van der Waals surface area (Å²) < 4.78 is 0. The van der Waals surface area contributed by atoms with Gasteiger partial charge in [-0.2, -0.15) is 0 Å². The van der Waals surface area contributed by atoms with E-state index in [4.69, 9.17) is 5.11 Å². The van der Waals surface area contributed by atoms with Gasteiger partial charge in [0.15, 0.2) is 0 Å². The smallest absolute Gasteiger partial charge is 0.353 e. The van der Waals surface area contributed by atoms with Crippen molar-refractivity contribution in [2.24, 2.45) is 0 Å². The molecule has 0 spiro atoms. The van der Waals surface area contributed by atoms with Gasteiger partial charge in [-0.05, 0) is 12.8 Å². The Bertz CT molecular complexity index is 446. The molecule has 2 aliphatic heterocycles. The van der Waals surface area contributed by atoms with Crippen LogP contribution in [0.5, 0.6) is 0 Å². The lowest BCUT2D eigenvalue weighted by molar-refractivity contribution is -0.145. The molecule has 2 heterocycles. The molecule has 0 aromatic carbocycles. The van der Waals surface area contributed by atoms with E-state index in [-0.39, 0.29) is 22.9 Å². The summed E-state index contributed by atoms with van der Waals surface area (Å²) in [5.74, 6) is -1.27. The molecule has 2 N–H and O–H groups in total. The third-order valence-corrected chi connectivity index (χ3v) is 4.18. The van der Waals surface area contributed by atoms with Crippen LogP contribution in [0.3, 0.4) is 0 Å². The fraction of sp³-hybridized carbons (Fsp3) is 0.545. The number of fused-ring (bicyclic) bond motifs is 1. The molecule has 1 atom stereocenters. The van der Waals surface area contributed by atoms with E-state index in [1.165, 1.54) is 23.6 Å². The molecule has 2 rings (SSSR count). The molecule has 1 saturated heterocycles. The molecule has 7 heteroatoms. The first-order valence-corrected chi connectivity index (χ1v) is 6.58. The van der Waals surface area contributed by atoms with Gasteiger partial charge in [-0.3, -0.25) is 14.5 Å². The van der Waals surface area contributed by atoms with E-state index < -0.39 is 5.97 Å². The second kappa shape index (κ2) is 5.01. The van der Waals surface area contributed by atoms with Crippen LogP contribution in [0.15, 0.2) is 10.6 Å². The number of β-lactam (4-membered cyclic amide) rings is 1. The third-order valence-electron chi connectivity index (χ3n) is 2.85. The molecule has 0 unspecified atom stereocenters. The second-order valence-corrected chi connectivity index (χ2v) is 5.48. The molecular formula is C11H14N2O4S. The number of carbonyl (C=O) groups is 3. The number of amides is 2. The average Bonchev–Trinajstić information content (AvgIpc) is 2.57. The summed E-state index contributed by atoms with van der Waals surface area (Å²) in [5.41, 5.74) is 0.129. The Kier molecular flexibility index (Phi) is 3.60. The first kappa shape index (κ1) is 12.9. The summed E-state index contributed by atoms with van der Waals surface area (Å²) in [6.07, 6.45) is 1.66. The van der Waals surface area contributed by atoms with Gasteiger partial charge < -0.3 is 10.4 Å². The van der Waals surface area contributed by atoms with Gasteiger partial charge in [0.25, 0.3) is 0 Å². The van der Waals surface area contributed by atoms with Crippen LogP contribution in [0.25, 0.3) is 0 Å². The average molecular weight is 270 g/mol. The van der Waals surface area contributed by atoms with Crippen molar-refractivity contribution < 1.29 is 19.5 Å². The lowest BCUT2D eigenvalue weighted by Crippen LogP contribution is -2.48. The first-order chi connectivity index (χ1) is 8.50. The minimum absolute atomic E-state index is 0.0284. The maximum absolute atomic E-state index is 11.3. The predicted octanol–water partition coefficient (Wildman–Crippen LogP) is 0.504. The first-order valence-electron chi connectivity index (χ1n) is 5.70. The number of aliphatic carboxylic acids is 1. The minimum atomic E-state index is -1.05. The largest absolute Gasteiger partial charge is 0.477 e. The molecule has 0 bridgehead atoms. The maximum Gasteiger partial charge on any atom is 0.353 e. The molecule has 6 nitrogen and oxygen atoms in total. The van der Waals surface area contributed by atoms with Gasteiger partial charge in [-0.1, -0.05) is 0 Å². The highest BCUT2D eigenvalue weighted by Crippen LogP contribution is 2.47. The number of carbonyl (C=O) groups excluding carboxylic acids is 2. The quantitative estimate of drug-likeness (QED) is 0.561. The molecule has 98 valence electrons. The lowest BCUT2D eigenvalue weighted by Gasteiger charge is -2.33. The van der Waals surface area contributed by atoms with Crippen LogP contribution in [0.2, 0.25) is 0 Å². The van der Waals surface area contributed by atoms with E-state index in [1.807, 2.05) is 0 Å². The number of rotatable bonds is 5. The third kappa shape index (κ3) is 2.35. The molecule has 1 fully saturated rings. The van der Waals surface area contributed by atoms with Gasteiger partial charge >= 0.3 is 5.97 Å². The van der Waals surface area contributed by atoms with Crippen molar-refractivity contribution in [1.29, 1.82) is 0 Å². The maximum atomic E-state index is 11.3. The molecule has 18 heavy (non-hydrogen) atoms. The van der Waals surface area contributed by atoms with Crippen molar-refractivity contribution in [3.8, 4) is 0 Å². The summed E-state index contributed by atoms with van der Waals surface area (Å²) in [6, 6.07) is 0. The van der Waals surface area contributed by atoms with Gasteiger partial charge in [0, 0.05) is 18.4 Å². The van der Waals surface area contributed by atoms with Crippen LogP contribution in [0.1, 0.15) is 26.2 Å². The van der Waals surface area contributed by atoms with Gasteiger partial charge in [0.2, 0.25) is 11.8 Å². The summed E-state index contributed by atoms with van der Waals surface area (Å²) in [5, 5.41) is 11.8. The number of nitrogens with zero attached hydrogens (tertiary/aromatic N) is 1. The Hall–Kier alpha value is -1.50. The summed E-state index contributed by atoms with van der Waals surface area (Å²) in [6.45, 7) is 1.96. The number of hydrogen-bond acceptors (Lipinski definition) is 4.